The van der Waals surface area contributed by atoms with Gasteiger partial charge in [0.1, 0.15) is 5.75 Å². The fourth-order valence-electron chi connectivity index (χ4n) is 2.09. The van der Waals surface area contributed by atoms with Gasteiger partial charge >= 0.3 is 0 Å². The Bertz CT molecular complexity index is 647. The number of hydrogen-bond donors (Lipinski definition) is 1. The van der Waals surface area contributed by atoms with Crippen molar-refractivity contribution in [2.24, 2.45) is 0 Å². The van der Waals surface area contributed by atoms with Crippen LogP contribution in [0.1, 0.15) is 35.7 Å². The van der Waals surface area contributed by atoms with Crippen LogP contribution < -0.4 is 10.1 Å². The lowest BCUT2D eigenvalue weighted by molar-refractivity contribution is -0.117. The van der Waals surface area contributed by atoms with Gasteiger partial charge in [-0.05, 0) is 37.1 Å². The lowest BCUT2D eigenvalue weighted by Gasteiger charge is -2.16. The first-order chi connectivity index (χ1) is 10.6. The third-order valence-corrected chi connectivity index (χ3v) is 4.08. The minimum absolute atomic E-state index is 0.0137. The fourth-order valence-corrected chi connectivity index (χ4v) is 2.68. The summed E-state index contributed by atoms with van der Waals surface area (Å²) in [4.78, 5) is 16.3. The van der Waals surface area contributed by atoms with E-state index < -0.39 is 0 Å². The zero-order valence-electron chi connectivity index (χ0n) is 13.0. The Kier molecular flexibility index (Phi) is 5.72. The highest BCUT2D eigenvalue weighted by atomic mass is 32.1. The second-order valence-electron chi connectivity index (χ2n) is 4.87. The summed E-state index contributed by atoms with van der Waals surface area (Å²) < 4.78 is 5.15. The summed E-state index contributed by atoms with van der Waals surface area (Å²) in [5.74, 6) is 0.692. The van der Waals surface area contributed by atoms with Crippen LogP contribution in [-0.4, -0.2) is 18.0 Å². The molecule has 22 heavy (non-hydrogen) atoms. The highest BCUT2D eigenvalue weighted by Gasteiger charge is 2.11. The first-order valence-electron chi connectivity index (χ1n) is 7.17. The van der Waals surface area contributed by atoms with Crippen molar-refractivity contribution >= 4 is 23.3 Å². The van der Waals surface area contributed by atoms with Crippen LogP contribution in [0.5, 0.6) is 5.75 Å². The number of carbonyl (C=O) groups is 1. The molecule has 0 radical (unpaired) electrons. The van der Waals surface area contributed by atoms with Crippen molar-refractivity contribution in [3.63, 3.8) is 0 Å². The van der Waals surface area contributed by atoms with Gasteiger partial charge in [-0.25, -0.2) is 4.98 Å². The van der Waals surface area contributed by atoms with Crippen molar-refractivity contribution in [2.45, 2.75) is 26.3 Å². The standard InChI is InChI=1S/C17H20N2O2S/c1-4-16(13-5-8-15(21-3)9-6-13)19-17(20)10-7-14-11-22-12(2)18-14/h5-11,16H,4H2,1-3H3,(H,19,20)/b10-7+. The number of thiazole rings is 1. The normalized spacial score (nSPS) is 12.3. The van der Waals surface area contributed by atoms with E-state index >= 15 is 0 Å². The Morgan fingerprint density at radius 3 is 2.68 bits per heavy atom. The molecule has 1 heterocycles. The topological polar surface area (TPSA) is 51.2 Å². The molecule has 0 fully saturated rings. The molecule has 0 saturated carbocycles. The zero-order valence-corrected chi connectivity index (χ0v) is 13.8. The molecule has 4 nitrogen and oxygen atoms in total. The van der Waals surface area contributed by atoms with E-state index in [4.69, 9.17) is 4.74 Å². The van der Waals surface area contributed by atoms with Gasteiger partial charge in [-0.3, -0.25) is 4.79 Å². The van der Waals surface area contributed by atoms with Crippen molar-refractivity contribution in [1.29, 1.82) is 0 Å². The SMILES string of the molecule is CCC(NC(=O)/C=C/c1csc(C)n1)c1ccc(OC)cc1. The zero-order chi connectivity index (χ0) is 15.9. The quantitative estimate of drug-likeness (QED) is 0.826. The van der Waals surface area contributed by atoms with Crippen molar-refractivity contribution < 1.29 is 9.53 Å². The van der Waals surface area contributed by atoms with Gasteiger partial charge in [0.05, 0.1) is 23.9 Å². The van der Waals surface area contributed by atoms with Gasteiger partial charge in [0.2, 0.25) is 5.91 Å². The molecule has 1 unspecified atom stereocenters. The number of aryl methyl sites for hydroxylation is 1. The molecule has 1 amide bonds. The predicted octanol–water partition coefficient (Wildman–Crippen LogP) is 3.74. The maximum absolute atomic E-state index is 12.0. The molecule has 1 aromatic heterocycles. The molecule has 0 spiro atoms. The monoisotopic (exact) mass is 316 g/mol. The number of nitrogens with one attached hydrogen (secondary N) is 1. The van der Waals surface area contributed by atoms with E-state index in [-0.39, 0.29) is 11.9 Å². The lowest BCUT2D eigenvalue weighted by Crippen LogP contribution is -2.26. The molecular formula is C17H20N2O2S. The molecule has 1 aromatic carbocycles. The van der Waals surface area contributed by atoms with Gasteiger partial charge in [-0.2, -0.15) is 0 Å². The third-order valence-electron chi connectivity index (χ3n) is 3.29. The summed E-state index contributed by atoms with van der Waals surface area (Å²) in [6, 6.07) is 7.73. The van der Waals surface area contributed by atoms with E-state index in [1.54, 1.807) is 24.5 Å². The molecule has 0 bridgehead atoms. The van der Waals surface area contributed by atoms with Crippen molar-refractivity contribution in [3.05, 3.63) is 52.0 Å². The molecule has 0 aliphatic carbocycles. The molecule has 2 rings (SSSR count). The summed E-state index contributed by atoms with van der Waals surface area (Å²) in [5.41, 5.74) is 1.88. The van der Waals surface area contributed by atoms with Gasteiger partial charge < -0.3 is 10.1 Å². The minimum atomic E-state index is -0.117. The summed E-state index contributed by atoms with van der Waals surface area (Å²) in [7, 11) is 1.64. The number of hydrogen-bond acceptors (Lipinski definition) is 4. The van der Waals surface area contributed by atoms with Crippen molar-refractivity contribution in [3.8, 4) is 5.75 Å². The number of benzene rings is 1. The second-order valence-corrected chi connectivity index (χ2v) is 5.93. The van der Waals surface area contributed by atoms with Crippen LogP contribution in [0.4, 0.5) is 0 Å². The Morgan fingerprint density at radius 1 is 1.41 bits per heavy atom. The maximum atomic E-state index is 12.0. The summed E-state index contributed by atoms with van der Waals surface area (Å²) in [5, 5.41) is 5.93. The van der Waals surface area contributed by atoms with Gasteiger partial charge in [0.25, 0.3) is 0 Å². The summed E-state index contributed by atoms with van der Waals surface area (Å²) in [6.07, 6.45) is 4.09. The number of ether oxygens (including phenoxy) is 1. The first-order valence-corrected chi connectivity index (χ1v) is 8.05. The van der Waals surface area contributed by atoms with Gasteiger partial charge in [0, 0.05) is 11.5 Å². The predicted molar refractivity (Wildman–Crippen MR) is 90.1 cm³/mol. The van der Waals surface area contributed by atoms with E-state index in [9.17, 15) is 4.79 Å². The number of carbonyl (C=O) groups excluding carboxylic acids is 1. The molecular weight excluding hydrogens is 296 g/mol. The second kappa shape index (κ2) is 7.75. The summed E-state index contributed by atoms with van der Waals surface area (Å²) in [6.45, 7) is 3.99. The van der Waals surface area contributed by atoms with Crippen LogP contribution in [0, 0.1) is 6.92 Å². The van der Waals surface area contributed by atoms with Crippen LogP contribution in [-0.2, 0) is 4.79 Å². The van der Waals surface area contributed by atoms with E-state index in [1.807, 2.05) is 43.5 Å². The molecule has 2 aromatic rings. The average Bonchev–Trinajstić information content (AvgIpc) is 2.96. The number of nitrogens with zero attached hydrogens (tertiary/aromatic N) is 1. The molecule has 1 N–H and O–H groups in total. The number of methoxy groups -OCH3 is 1. The average molecular weight is 316 g/mol. The van der Waals surface area contributed by atoms with Gasteiger partial charge in [0.15, 0.2) is 0 Å². The maximum Gasteiger partial charge on any atom is 0.244 e. The highest BCUT2D eigenvalue weighted by molar-refractivity contribution is 7.09. The summed E-state index contributed by atoms with van der Waals surface area (Å²) >= 11 is 1.57. The Labute approximate surface area is 134 Å². The first kappa shape index (κ1) is 16.2. The Balaban J connectivity index is 1.99. The number of amides is 1. The Hall–Kier alpha value is -2.14. The van der Waals surface area contributed by atoms with E-state index in [0.717, 1.165) is 28.4 Å². The van der Waals surface area contributed by atoms with Crippen molar-refractivity contribution in [1.82, 2.24) is 10.3 Å². The molecule has 1 atom stereocenters. The molecule has 0 aliphatic heterocycles. The third kappa shape index (κ3) is 4.43. The largest absolute Gasteiger partial charge is 0.497 e. The van der Waals surface area contributed by atoms with Crippen molar-refractivity contribution in [2.75, 3.05) is 7.11 Å². The highest BCUT2D eigenvalue weighted by Crippen LogP contribution is 2.20. The Morgan fingerprint density at radius 2 is 2.14 bits per heavy atom. The molecule has 0 saturated heterocycles. The van der Waals surface area contributed by atoms with Crippen LogP contribution in [0.3, 0.4) is 0 Å². The number of rotatable bonds is 6. The fraction of sp³-hybridized carbons (Fsp3) is 0.294. The molecule has 0 aliphatic rings. The van der Waals surface area contributed by atoms with E-state index in [1.165, 1.54) is 6.08 Å². The smallest absolute Gasteiger partial charge is 0.244 e. The molecule has 5 heteroatoms. The van der Waals surface area contributed by atoms with Crippen LogP contribution in [0.25, 0.3) is 6.08 Å². The molecule has 116 valence electrons. The van der Waals surface area contributed by atoms with E-state index in [0.29, 0.717) is 0 Å². The van der Waals surface area contributed by atoms with Gasteiger partial charge in [-0.1, -0.05) is 19.1 Å². The lowest BCUT2D eigenvalue weighted by atomic mass is 10.0. The van der Waals surface area contributed by atoms with Crippen LogP contribution in [0.2, 0.25) is 0 Å². The van der Waals surface area contributed by atoms with Crippen LogP contribution >= 0.6 is 11.3 Å². The number of aromatic nitrogens is 1. The van der Waals surface area contributed by atoms with E-state index in [2.05, 4.69) is 10.3 Å². The van der Waals surface area contributed by atoms with Crippen LogP contribution in [0.15, 0.2) is 35.7 Å². The minimum Gasteiger partial charge on any atom is -0.497 e. The van der Waals surface area contributed by atoms with Gasteiger partial charge in [-0.15, -0.1) is 11.3 Å².